The van der Waals surface area contributed by atoms with Crippen LogP contribution in [0, 0.1) is 5.41 Å². The molecule has 1 aliphatic carbocycles. The van der Waals surface area contributed by atoms with E-state index in [1.54, 1.807) is 24.4 Å². The Morgan fingerprint density at radius 1 is 1.10 bits per heavy atom. The van der Waals surface area contributed by atoms with Gasteiger partial charge in [0.2, 0.25) is 0 Å². The summed E-state index contributed by atoms with van der Waals surface area (Å²) in [7, 11) is 0. The third-order valence-corrected chi connectivity index (χ3v) is 8.48. The summed E-state index contributed by atoms with van der Waals surface area (Å²) in [4.78, 5) is 19.2. The van der Waals surface area contributed by atoms with E-state index in [1.165, 1.54) is 17.5 Å². The maximum Gasteiger partial charge on any atom is 0.255 e. The van der Waals surface area contributed by atoms with Gasteiger partial charge >= 0.3 is 0 Å². The Bertz CT molecular complexity index is 1420. The molecule has 5 N–H and O–H groups in total. The van der Waals surface area contributed by atoms with Crippen LogP contribution >= 0.6 is 0 Å². The van der Waals surface area contributed by atoms with Crippen LogP contribution in [-0.4, -0.2) is 65.0 Å². The number of aromatic nitrogens is 1. The van der Waals surface area contributed by atoms with Crippen molar-refractivity contribution >= 4 is 17.4 Å². The van der Waals surface area contributed by atoms with Crippen molar-refractivity contribution in [1.29, 1.82) is 5.41 Å². The molecule has 1 aromatic heterocycles. The summed E-state index contributed by atoms with van der Waals surface area (Å²) < 4.78 is 5.74. The number of benzene rings is 2. The SMILES string of the molecule is N=C(c1ccc2c(c1)OCCNC2=O)c1cc(-c2ccc3c(c2)CCC(N2CCCC2CO)CC3)cnc1N. The molecule has 0 bridgehead atoms. The number of anilines is 1. The number of rotatable bonds is 5. The number of pyridine rings is 1. The number of nitrogen functional groups attached to an aromatic ring is 1. The molecule has 3 heterocycles. The fraction of sp³-hybridized carbons (Fsp3) is 0.387. The summed E-state index contributed by atoms with van der Waals surface area (Å²) in [5, 5.41) is 21.5. The first-order valence-corrected chi connectivity index (χ1v) is 13.9. The number of aliphatic hydroxyl groups excluding tert-OH is 1. The van der Waals surface area contributed by atoms with E-state index in [4.69, 9.17) is 15.9 Å². The predicted molar refractivity (Wildman–Crippen MR) is 152 cm³/mol. The molecule has 8 nitrogen and oxygen atoms in total. The van der Waals surface area contributed by atoms with Gasteiger partial charge in [-0.05, 0) is 80.0 Å². The number of fused-ring (bicyclic) bond motifs is 2. The molecule has 2 atom stereocenters. The van der Waals surface area contributed by atoms with Crippen LogP contribution in [0.5, 0.6) is 5.75 Å². The van der Waals surface area contributed by atoms with E-state index in [0.29, 0.717) is 53.5 Å². The van der Waals surface area contributed by atoms with Crippen molar-refractivity contribution < 1.29 is 14.6 Å². The van der Waals surface area contributed by atoms with Gasteiger partial charge in [0.05, 0.1) is 24.4 Å². The first-order chi connectivity index (χ1) is 19.0. The number of amides is 1. The van der Waals surface area contributed by atoms with Gasteiger partial charge in [0.1, 0.15) is 18.2 Å². The molecule has 1 fully saturated rings. The number of ether oxygens (including phenoxy) is 1. The topological polar surface area (TPSA) is 125 Å². The number of carbonyl (C=O) groups is 1. The second kappa shape index (κ2) is 10.8. The number of likely N-dealkylation sites (tertiary alicyclic amines) is 1. The van der Waals surface area contributed by atoms with Crippen molar-refractivity contribution in [3.05, 3.63) is 76.5 Å². The van der Waals surface area contributed by atoms with Gasteiger partial charge in [-0.1, -0.05) is 24.3 Å². The Kier molecular flexibility index (Phi) is 7.06. The van der Waals surface area contributed by atoms with Crippen LogP contribution in [0.15, 0.2) is 48.7 Å². The average Bonchev–Trinajstić information content (AvgIpc) is 3.23. The molecule has 3 aromatic rings. The first kappa shape index (κ1) is 25.5. The number of nitrogens with two attached hydrogens (primary N) is 1. The molecule has 8 heteroatoms. The van der Waals surface area contributed by atoms with Crippen LogP contribution in [0.25, 0.3) is 11.1 Å². The van der Waals surface area contributed by atoms with E-state index >= 15 is 0 Å². The van der Waals surface area contributed by atoms with E-state index < -0.39 is 0 Å². The number of hydrogen-bond acceptors (Lipinski definition) is 7. The minimum absolute atomic E-state index is 0.174. The highest BCUT2D eigenvalue weighted by Crippen LogP contribution is 2.32. The normalized spacial score (nSPS) is 21.2. The molecular formula is C31H35N5O3. The van der Waals surface area contributed by atoms with Crippen LogP contribution in [-0.2, 0) is 12.8 Å². The summed E-state index contributed by atoms with van der Waals surface area (Å²) in [6, 6.07) is 14.6. The lowest BCUT2D eigenvalue weighted by atomic mass is 9.95. The number of carbonyl (C=O) groups excluding carboxylic acids is 1. The van der Waals surface area contributed by atoms with Gasteiger partial charge in [-0.15, -0.1) is 0 Å². The Balaban J connectivity index is 1.25. The molecule has 0 spiro atoms. The van der Waals surface area contributed by atoms with E-state index in [0.717, 1.165) is 49.8 Å². The third kappa shape index (κ3) is 5.02. The maximum atomic E-state index is 12.3. The van der Waals surface area contributed by atoms with Gasteiger partial charge in [0.15, 0.2) is 0 Å². The molecule has 2 aliphatic heterocycles. The lowest BCUT2D eigenvalue weighted by Gasteiger charge is -2.31. The molecular weight excluding hydrogens is 490 g/mol. The zero-order valence-corrected chi connectivity index (χ0v) is 22.1. The number of nitrogens with one attached hydrogen (secondary N) is 2. The van der Waals surface area contributed by atoms with Crippen molar-refractivity contribution in [3.8, 4) is 16.9 Å². The van der Waals surface area contributed by atoms with Gasteiger partial charge in [0.25, 0.3) is 5.91 Å². The molecule has 2 unspecified atom stereocenters. The summed E-state index contributed by atoms with van der Waals surface area (Å²) in [6.07, 6.45) is 8.32. The minimum Gasteiger partial charge on any atom is -0.491 e. The summed E-state index contributed by atoms with van der Waals surface area (Å²) >= 11 is 0. The Morgan fingerprint density at radius 3 is 2.79 bits per heavy atom. The Morgan fingerprint density at radius 2 is 1.95 bits per heavy atom. The lowest BCUT2D eigenvalue weighted by Crippen LogP contribution is -2.41. The Labute approximate surface area is 228 Å². The van der Waals surface area contributed by atoms with Crippen LogP contribution < -0.4 is 15.8 Å². The molecule has 1 saturated heterocycles. The van der Waals surface area contributed by atoms with Crippen molar-refractivity contribution in [1.82, 2.24) is 15.2 Å². The zero-order valence-electron chi connectivity index (χ0n) is 22.1. The predicted octanol–water partition coefficient (Wildman–Crippen LogP) is 3.57. The third-order valence-electron chi connectivity index (χ3n) is 8.48. The summed E-state index contributed by atoms with van der Waals surface area (Å²) in [5.74, 6) is 0.587. The van der Waals surface area contributed by atoms with Crippen LogP contribution in [0.1, 0.15) is 58.3 Å². The first-order valence-electron chi connectivity index (χ1n) is 13.9. The quantitative estimate of drug-likeness (QED) is 0.298. The van der Waals surface area contributed by atoms with Gasteiger partial charge in [-0.3, -0.25) is 15.1 Å². The number of aliphatic hydroxyl groups is 1. The van der Waals surface area contributed by atoms with Crippen molar-refractivity contribution in [2.75, 3.05) is 32.0 Å². The summed E-state index contributed by atoms with van der Waals surface area (Å²) in [6.45, 7) is 2.17. The number of hydrogen-bond donors (Lipinski definition) is 4. The molecule has 39 heavy (non-hydrogen) atoms. The largest absolute Gasteiger partial charge is 0.491 e. The van der Waals surface area contributed by atoms with Gasteiger partial charge in [-0.25, -0.2) is 4.98 Å². The molecule has 2 aromatic carbocycles. The maximum absolute atomic E-state index is 12.3. The lowest BCUT2D eigenvalue weighted by molar-refractivity contribution is 0.0957. The molecule has 0 radical (unpaired) electrons. The van der Waals surface area contributed by atoms with E-state index in [2.05, 4.69) is 33.4 Å². The van der Waals surface area contributed by atoms with Gasteiger partial charge < -0.3 is 20.9 Å². The standard InChI is InChI=1S/C31H35N5O3/c32-29(22-7-10-26-28(16-22)39-13-11-34-31(26)38)27-15-23(17-35-30(27)33)21-4-3-19-5-8-24(9-6-20(19)14-21)36-12-1-2-25(36)18-37/h3-4,7,10,14-17,24-25,32,37H,1-2,5-6,8-9,11-13,18H2,(H2,33,35)(H,34,38). The number of nitrogens with zero attached hydrogens (tertiary/aromatic N) is 2. The second-order valence-corrected chi connectivity index (χ2v) is 10.8. The Hall–Kier alpha value is -3.75. The van der Waals surface area contributed by atoms with Crippen molar-refractivity contribution in [3.63, 3.8) is 0 Å². The van der Waals surface area contributed by atoms with Crippen LogP contribution in [0.4, 0.5) is 5.82 Å². The van der Waals surface area contributed by atoms with E-state index in [9.17, 15) is 9.90 Å². The minimum atomic E-state index is -0.174. The second-order valence-electron chi connectivity index (χ2n) is 10.8. The smallest absolute Gasteiger partial charge is 0.255 e. The van der Waals surface area contributed by atoms with Crippen molar-refractivity contribution in [2.45, 2.75) is 50.6 Å². The molecule has 1 amide bonds. The fourth-order valence-electron chi connectivity index (χ4n) is 6.33. The van der Waals surface area contributed by atoms with Gasteiger partial charge in [-0.2, -0.15) is 0 Å². The molecule has 202 valence electrons. The fourth-order valence-corrected chi connectivity index (χ4v) is 6.33. The van der Waals surface area contributed by atoms with E-state index in [-0.39, 0.29) is 18.2 Å². The highest BCUT2D eigenvalue weighted by Gasteiger charge is 2.31. The molecule has 6 rings (SSSR count). The van der Waals surface area contributed by atoms with Crippen LogP contribution in [0.3, 0.4) is 0 Å². The highest BCUT2D eigenvalue weighted by molar-refractivity contribution is 6.14. The zero-order chi connectivity index (χ0) is 26.9. The summed E-state index contributed by atoms with van der Waals surface area (Å²) in [5.41, 5.74) is 12.8. The van der Waals surface area contributed by atoms with E-state index in [1.807, 2.05) is 6.07 Å². The molecule has 3 aliphatic rings. The van der Waals surface area contributed by atoms with Crippen molar-refractivity contribution in [2.24, 2.45) is 0 Å². The highest BCUT2D eigenvalue weighted by atomic mass is 16.5. The molecule has 0 saturated carbocycles. The van der Waals surface area contributed by atoms with Gasteiger partial charge in [0, 0.05) is 35.0 Å². The monoisotopic (exact) mass is 525 g/mol. The van der Waals surface area contributed by atoms with Crippen LogP contribution in [0.2, 0.25) is 0 Å². The number of aryl methyl sites for hydroxylation is 2. The average molecular weight is 526 g/mol.